The summed E-state index contributed by atoms with van der Waals surface area (Å²) < 4.78 is 0. The highest BCUT2D eigenvalue weighted by Gasteiger charge is 2.20. The van der Waals surface area contributed by atoms with Crippen LogP contribution in [0.2, 0.25) is 10.0 Å². The van der Waals surface area contributed by atoms with Gasteiger partial charge in [-0.3, -0.25) is 0 Å². The quantitative estimate of drug-likeness (QED) is 0.692. The van der Waals surface area contributed by atoms with Gasteiger partial charge in [-0.15, -0.1) is 0 Å². The second kappa shape index (κ2) is 8.24. The Labute approximate surface area is 171 Å². The summed E-state index contributed by atoms with van der Waals surface area (Å²) in [6.45, 7) is 6.68. The predicted molar refractivity (Wildman–Crippen MR) is 117 cm³/mol. The van der Waals surface area contributed by atoms with Crippen molar-refractivity contribution >= 4 is 46.7 Å². The minimum Gasteiger partial charge on any atom is -0.340 e. The van der Waals surface area contributed by atoms with Gasteiger partial charge >= 0.3 is 0 Å². The predicted octanol–water partition coefficient (Wildman–Crippen LogP) is 5.25. The van der Waals surface area contributed by atoms with E-state index in [2.05, 4.69) is 58.2 Å². The van der Waals surface area contributed by atoms with Crippen LogP contribution >= 0.6 is 23.2 Å². The molecule has 2 aliphatic rings. The molecule has 0 aliphatic carbocycles. The third kappa shape index (κ3) is 4.33. The third-order valence-electron chi connectivity index (χ3n) is 5.46. The molecule has 0 saturated carbocycles. The van der Waals surface area contributed by atoms with Crippen molar-refractivity contribution < 1.29 is 0 Å². The molecule has 3 nitrogen and oxygen atoms in total. The molecule has 5 heteroatoms. The van der Waals surface area contributed by atoms with Gasteiger partial charge in [-0.1, -0.05) is 47.5 Å². The summed E-state index contributed by atoms with van der Waals surface area (Å²) in [6.07, 6.45) is 5.43. The Morgan fingerprint density at radius 2 is 1.33 bits per heavy atom. The number of hydrogen-bond donors (Lipinski definition) is 0. The Bertz CT molecular complexity index is 786. The first-order valence-electron chi connectivity index (χ1n) is 9.56. The highest BCUT2D eigenvalue weighted by Crippen LogP contribution is 2.39. The minimum atomic E-state index is 0.761. The number of rotatable bonds is 4. The molecule has 0 unspecified atom stereocenters. The first-order valence-corrected chi connectivity index (χ1v) is 10.3. The van der Waals surface area contributed by atoms with E-state index in [1.807, 2.05) is 12.1 Å². The van der Waals surface area contributed by atoms with E-state index in [0.29, 0.717) is 0 Å². The van der Waals surface area contributed by atoms with Gasteiger partial charge in [-0.25, -0.2) is 0 Å². The number of hydrogen-bond acceptors (Lipinski definition) is 3. The molecule has 0 N–H and O–H groups in total. The van der Waals surface area contributed by atoms with Gasteiger partial charge in [0.15, 0.2) is 0 Å². The summed E-state index contributed by atoms with van der Waals surface area (Å²) >= 11 is 12.7. The Hall–Kier alpha value is -1.52. The van der Waals surface area contributed by atoms with Crippen molar-refractivity contribution in [2.75, 3.05) is 51.2 Å². The minimum absolute atomic E-state index is 0.761. The summed E-state index contributed by atoms with van der Waals surface area (Å²) in [5.74, 6) is 0. The number of piperazine rings is 1. The Balaban J connectivity index is 1.57. The first kappa shape index (κ1) is 18.8. The Morgan fingerprint density at radius 3 is 1.89 bits per heavy atom. The molecule has 2 aromatic rings. The fourth-order valence-corrected chi connectivity index (χ4v) is 4.19. The van der Waals surface area contributed by atoms with Gasteiger partial charge in [0.1, 0.15) is 0 Å². The van der Waals surface area contributed by atoms with E-state index in [9.17, 15) is 0 Å². The molecule has 0 bridgehead atoms. The smallest absolute Gasteiger partial charge is 0.0499 e. The van der Waals surface area contributed by atoms with Crippen molar-refractivity contribution in [1.82, 2.24) is 9.80 Å². The fourth-order valence-electron chi connectivity index (χ4n) is 3.86. The molecule has 0 aromatic heterocycles. The number of anilines is 2. The van der Waals surface area contributed by atoms with Crippen molar-refractivity contribution in [3.63, 3.8) is 0 Å². The van der Waals surface area contributed by atoms with Gasteiger partial charge in [0, 0.05) is 54.1 Å². The van der Waals surface area contributed by atoms with Crippen LogP contribution in [0.5, 0.6) is 0 Å². The third-order valence-corrected chi connectivity index (χ3v) is 5.93. The molecular formula is C22H25Cl2N3. The molecule has 0 amide bonds. The summed E-state index contributed by atoms with van der Waals surface area (Å²) in [5.41, 5.74) is 4.67. The summed E-state index contributed by atoms with van der Waals surface area (Å²) in [5, 5.41) is 1.52. The number of likely N-dealkylation sites (N-methyl/N-ethyl adjacent to an activating group) is 1. The standard InChI is InChI=1S/C22H25Cl2N3/c1-25-11-13-26(14-12-25)9-2-10-27-21-15-19(23)7-5-17(21)3-4-18-6-8-20(24)16-22(18)27/h3-8,15-16H,2,9-14H2,1H3. The number of fused-ring (bicyclic) bond motifs is 2. The summed E-state index contributed by atoms with van der Waals surface area (Å²) in [4.78, 5) is 7.33. The zero-order valence-corrected chi connectivity index (χ0v) is 17.2. The topological polar surface area (TPSA) is 9.72 Å². The zero-order chi connectivity index (χ0) is 18.8. The lowest BCUT2D eigenvalue weighted by Crippen LogP contribution is -2.45. The zero-order valence-electron chi connectivity index (χ0n) is 15.7. The van der Waals surface area contributed by atoms with Gasteiger partial charge in [-0.05, 0) is 55.4 Å². The average molecular weight is 402 g/mol. The van der Waals surface area contributed by atoms with Gasteiger partial charge in [0.2, 0.25) is 0 Å². The molecule has 2 aromatic carbocycles. The lowest BCUT2D eigenvalue weighted by molar-refractivity contribution is 0.153. The van der Waals surface area contributed by atoms with E-state index < -0.39 is 0 Å². The van der Waals surface area contributed by atoms with Crippen molar-refractivity contribution in [1.29, 1.82) is 0 Å². The van der Waals surface area contributed by atoms with Crippen LogP contribution in [0.25, 0.3) is 12.2 Å². The van der Waals surface area contributed by atoms with Crippen molar-refractivity contribution in [2.45, 2.75) is 6.42 Å². The van der Waals surface area contributed by atoms with E-state index in [-0.39, 0.29) is 0 Å². The van der Waals surface area contributed by atoms with Gasteiger partial charge in [0.25, 0.3) is 0 Å². The van der Waals surface area contributed by atoms with Gasteiger partial charge < -0.3 is 14.7 Å². The Kier molecular flexibility index (Phi) is 5.74. The molecule has 1 saturated heterocycles. The van der Waals surface area contributed by atoms with E-state index in [1.54, 1.807) is 0 Å². The Morgan fingerprint density at radius 1 is 0.778 bits per heavy atom. The number of halogens is 2. The lowest BCUT2D eigenvalue weighted by atomic mass is 10.1. The summed E-state index contributed by atoms with van der Waals surface area (Å²) in [6, 6.07) is 12.2. The summed E-state index contributed by atoms with van der Waals surface area (Å²) in [7, 11) is 2.20. The molecular weight excluding hydrogens is 377 g/mol. The molecule has 142 valence electrons. The molecule has 1 fully saturated rings. The van der Waals surface area contributed by atoms with Gasteiger partial charge in [0.05, 0.1) is 0 Å². The maximum absolute atomic E-state index is 6.33. The number of nitrogens with zero attached hydrogens (tertiary/aromatic N) is 3. The molecule has 27 heavy (non-hydrogen) atoms. The van der Waals surface area contributed by atoms with Crippen LogP contribution in [0.15, 0.2) is 36.4 Å². The maximum atomic E-state index is 6.33. The molecule has 0 spiro atoms. The van der Waals surface area contributed by atoms with Crippen LogP contribution in [0.3, 0.4) is 0 Å². The second-order valence-electron chi connectivity index (χ2n) is 7.39. The maximum Gasteiger partial charge on any atom is 0.0499 e. The SMILES string of the molecule is CN1CCN(CCCN2c3cc(Cl)ccc3C=Cc3ccc(Cl)cc32)CC1. The van der Waals surface area contributed by atoms with Crippen molar-refractivity contribution in [3.05, 3.63) is 57.6 Å². The molecule has 0 atom stereocenters. The van der Waals surface area contributed by atoms with Crippen LogP contribution in [0.1, 0.15) is 17.5 Å². The normalized spacial score (nSPS) is 17.5. The van der Waals surface area contributed by atoms with Crippen LogP contribution < -0.4 is 4.90 Å². The molecule has 2 aliphatic heterocycles. The monoisotopic (exact) mass is 401 g/mol. The highest BCUT2D eigenvalue weighted by atomic mass is 35.5. The van der Waals surface area contributed by atoms with E-state index >= 15 is 0 Å². The van der Waals surface area contributed by atoms with Gasteiger partial charge in [-0.2, -0.15) is 0 Å². The fraction of sp³-hybridized carbons (Fsp3) is 0.364. The van der Waals surface area contributed by atoms with E-state index in [4.69, 9.17) is 23.2 Å². The van der Waals surface area contributed by atoms with E-state index in [1.165, 1.54) is 11.1 Å². The molecule has 2 heterocycles. The average Bonchev–Trinajstić information content (AvgIpc) is 2.80. The lowest BCUT2D eigenvalue weighted by Gasteiger charge is -2.33. The van der Waals surface area contributed by atoms with Crippen LogP contribution in [0.4, 0.5) is 11.4 Å². The second-order valence-corrected chi connectivity index (χ2v) is 8.26. The van der Waals surface area contributed by atoms with Crippen LogP contribution in [-0.4, -0.2) is 56.1 Å². The number of benzene rings is 2. The van der Waals surface area contributed by atoms with Crippen LogP contribution in [0, 0.1) is 0 Å². The van der Waals surface area contributed by atoms with Crippen molar-refractivity contribution in [2.24, 2.45) is 0 Å². The molecule has 4 rings (SSSR count). The molecule has 0 radical (unpaired) electrons. The van der Waals surface area contributed by atoms with Crippen molar-refractivity contribution in [3.8, 4) is 0 Å². The van der Waals surface area contributed by atoms with Crippen LogP contribution in [-0.2, 0) is 0 Å². The largest absolute Gasteiger partial charge is 0.340 e. The highest BCUT2D eigenvalue weighted by molar-refractivity contribution is 6.31. The van der Waals surface area contributed by atoms with E-state index in [0.717, 1.165) is 67.1 Å². The first-order chi connectivity index (χ1) is 13.1.